The Hall–Kier alpha value is -1.74. The molecule has 1 N–H and O–H groups in total. The molecule has 3 rings (SSSR count). The first-order valence-electron chi connectivity index (χ1n) is 6.37. The largest absolute Gasteiger partial charge is 0.386 e. The molecular formula is C15H16N2O. The number of aliphatic hydroxyl groups excluding tert-OH is 1. The highest BCUT2D eigenvalue weighted by Gasteiger charge is 2.14. The standard InChI is InChI=1S/C15H16N2O/c18-15(14-10-16-6-7-17-14)9-11-4-5-12-2-1-3-13(12)8-11/h4-8,10,15,18H,1-3,9H2. The van der Waals surface area contributed by atoms with Crippen LogP contribution in [-0.2, 0) is 19.3 Å². The Labute approximate surface area is 107 Å². The average Bonchev–Trinajstić information content (AvgIpc) is 2.87. The molecule has 1 unspecified atom stereocenters. The van der Waals surface area contributed by atoms with Gasteiger partial charge in [0.1, 0.15) is 6.10 Å². The predicted octanol–water partition coefficient (Wildman–Crippen LogP) is 2.24. The van der Waals surface area contributed by atoms with Crippen LogP contribution >= 0.6 is 0 Å². The molecule has 0 amide bonds. The monoisotopic (exact) mass is 240 g/mol. The molecule has 2 aromatic rings. The molecular weight excluding hydrogens is 224 g/mol. The zero-order chi connectivity index (χ0) is 12.4. The van der Waals surface area contributed by atoms with Gasteiger partial charge in [0.25, 0.3) is 0 Å². The molecule has 1 heterocycles. The number of aliphatic hydroxyl groups is 1. The van der Waals surface area contributed by atoms with Crippen molar-refractivity contribution in [2.75, 3.05) is 0 Å². The first-order valence-corrected chi connectivity index (χ1v) is 6.37. The summed E-state index contributed by atoms with van der Waals surface area (Å²) < 4.78 is 0. The van der Waals surface area contributed by atoms with E-state index in [1.807, 2.05) is 0 Å². The van der Waals surface area contributed by atoms with E-state index in [0.29, 0.717) is 12.1 Å². The van der Waals surface area contributed by atoms with Crippen LogP contribution in [0.1, 0.15) is 34.9 Å². The van der Waals surface area contributed by atoms with Crippen LogP contribution in [0.25, 0.3) is 0 Å². The molecule has 0 aliphatic heterocycles. The first-order chi connectivity index (χ1) is 8.83. The molecule has 1 aliphatic rings. The van der Waals surface area contributed by atoms with E-state index in [2.05, 4.69) is 28.2 Å². The molecule has 0 saturated carbocycles. The summed E-state index contributed by atoms with van der Waals surface area (Å²) in [5, 5.41) is 10.1. The van der Waals surface area contributed by atoms with E-state index in [4.69, 9.17) is 0 Å². The summed E-state index contributed by atoms with van der Waals surface area (Å²) in [7, 11) is 0. The highest BCUT2D eigenvalue weighted by atomic mass is 16.3. The predicted molar refractivity (Wildman–Crippen MR) is 69.2 cm³/mol. The third kappa shape index (κ3) is 2.27. The minimum Gasteiger partial charge on any atom is -0.386 e. The number of benzene rings is 1. The molecule has 1 aliphatic carbocycles. The lowest BCUT2D eigenvalue weighted by Crippen LogP contribution is -2.04. The molecule has 92 valence electrons. The van der Waals surface area contributed by atoms with Crippen LogP contribution < -0.4 is 0 Å². The van der Waals surface area contributed by atoms with E-state index < -0.39 is 6.10 Å². The van der Waals surface area contributed by atoms with Gasteiger partial charge in [-0.2, -0.15) is 0 Å². The minimum atomic E-state index is -0.571. The van der Waals surface area contributed by atoms with E-state index in [1.54, 1.807) is 18.6 Å². The lowest BCUT2D eigenvalue weighted by Gasteiger charge is -2.10. The van der Waals surface area contributed by atoms with Crippen LogP contribution in [0.5, 0.6) is 0 Å². The summed E-state index contributed by atoms with van der Waals surface area (Å²) in [5.41, 5.74) is 4.72. The first kappa shape index (κ1) is 11.4. The number of fused-ring (bicyclic) bond motifs is 1. The van der Waals surface area contributed by atoms with Crippen LogP contribution in [0.4, 0.5) is 0 Å². The van der Waals surface area contributed by atoms with Crippen LogP contribution in [0.15, 0.2) is 36.8 Å². The highest BCUT2D eigenvalue weighted by molar-refractivity contribution is 5.35. The van der Waals surface area contributed by atoms with Crippen molar-refractivity contribution in [3.8, 4) is 0 Å². The molecule has 0 spiro atoms. The van der Waals surface area contributed by atoms with Gasteiger partial charge in [-0.25, -0.2) is 0 Å². The fourth-order valence-electron chi connectivity index (χ4n) is 2.56. The zero-order valence-electron chi connectivity index (χ0n) is 10.2. The molecule has 3 heteroatoms. The van der Waals surface area contributed by atoms with E-state index in [-0.39, 0.29) is 0 Å². The lowest BCUT2D eigenvalue weighted by molar-refractivity contribution is 0.173. The third-order valence-corrected chi connectivity index (χ3v) is 3.52. The second kappa shape index (κ2) is 4.86. The quantitative estimate of drug-likeness (QED) is 0.895. The molecule has 1 aromatic heterocycles. The van der Waals surface area contributed by atoms with Gasteiger partial charge in [0.05, 0.1) is 11.9 Å². The molecule has 18 heavy (non-hydrogen) atoms. The van der Waals surface area contributed by atoms with E-state index in [0.717, 1.165) is 0 Å². The van der Waals surface area contributed by atoms with E-state index >= 15 is 0 Å². The summed E-state index contributed by atoms with van der Waals surface area (Å²) in [4.78, 5) is 8.12. The summed E-state index contributed by atoms with van der Waals surface area (Å²) in [5.74, 6) is 0. The summed E-state index contributed by atoms with van der Waals surface area (Å²) in [6, 6.07) is 6.53. The summed E-state index contributed by atoms with van der Waals surface area (Å²) >= 11 is 0. The minimum absolute atomic E-state index is 0.571. The normalized spacial score (nSPS) is 15.4. The van der Waals surface area contributed by atoms with Crippen molar-refractivity contribution in [2.24, 2.45) is 0 Å². The number of hydrogen-bond donors (Lipinski definition) is 1. The van der Waals surface area contributed by atoms with Crippen LogP contribution in [-0.4, -0.2) is 15.1 Å². The molecule has 0 fully saturated rings. The van der Waals surface area contributed by atoms with Gasteiger partial charge in [-0.15, -0.1) is 0 Å². The van der Waals surface area contributed by atoms with Crippen molar-refractivity contribution >= 4 is 0 Å². The number of rotatable bonds is 3. The fourth-order valence-corrected chi connectivity index (χ4v) is 2.56. The summed E-state index contributed by atoms with van der Waals surface area (Å²) in [6.45, 7) is 0. The Bertz CT molecular complexity index is 539. The van der Waals surface area contributed by atoms with Crippen LogP contribution in [0, 0.1) is 0 Å². The van der Waals surface area contributed by atoms with Crippen molar-refractivity contribution in [2.45, 2.75) is 31.8 Å². The van der Waals surface area contributed by atoms with Gasteiger partial charge in [-0.3, -0.25) is 9.97 Å². The SMILES string of the molecule is OC(Cc1ccc2c(c1)CCC2)c1cnccn1. The van der Waals surface area contributed by atoms with Crippen molar-refractivity contribution in [3.05, 3.63) is 59.2 Å². The number of aryl methyl sites for hydroxylation is 2. The van der Waals surface area contributed by atoms with Crippen LogP contribution in [0.2, 0.25) is 0 Å². The number of aromatic nitrogens is 2. The van der Waals surface area contributed by atoms with Gasteiger partial charge in [0, 0.05) is 18.8 Å². The molecule has 1 atom stereocenters. The molecule has 3 nitrogen and oxygen atoms in total. The van der Waals surface area contributed by atoms with Crippen molar-refractivity contribution in [1.82, 2.24) is 9.97 Å². The highest BCUT2D eigenvalue weighted by Crippen LogP contribution is 2.24. The lowest BCUT2D eigenvalue weighted by atomic mass is 10.0. The molecule has 1 aromatic carbocycles. The smallest absolute Gasteiger partial charge is 0.102 e. The van der Waals surface area contributed by atoms with E-state index in [1.165, 1.54) is 36.0 Å². The van der Waals surface area contributed by atoms with Gasteiger partial charge >= 0.3 is 0 Å². The zero-order valence-corrected chi connectivity index (χ0v) is 10.2. The van der Waals surface area contributed by atoms with E-state index in [9.17, 15) is 5.11 Å². The fraction of sp³-hybridized carbons (Fsp3) is 0.333. The maximum atomic E-state index is 10.1. The Morgan fingerprint density at radius 1 is 1.17 bits per heavy atom. The van der Waals surface area contributed by atoms with Gasteiger partial charge < -0.3 is 5.11 Å². The van der Waals surface area contributed by atoms with Gasteiger partial charge in [-0.1, -0.05) is 18.2 Å². The number of hydrogen-bond acceptors (Lipinski definition) is 3. The average molecular weight is 240 g/mol. The Kier molecular flexibility index (Phi) is 3.07. The molecule has 0 bridgehead atoms. The van der Waals surface area contributed by atoms with Crippen LogP contribution in [0.3, 0.4) is 0 Å². The third-order valence-electron chi connectivity index (χ3n) is 3.52. The molecule has 0 saturated heterocycles. The summed E-state index contributed by atoms with van der Waals surface area (Å²) in [6.07, 6.45) is 8.51. The molecule has 0 radical (unpaired) electrons. The van der Waals surface area contributed by atoms with Crippen molar-refractivity contribution in [3.63, 3.8) is 0 Å². The topological polar surface area (TPSA) is 46.0 Å². The van der Waals surface area contributed by atoms with Crippen molar-refractivity contribution in [1.29, 1.82) is 0 Å². The Balaban J connectivity index is 1.77. The Morgan fingerprint density at radius 3 is 2.89 bits per heavy atom. The maximum absolute atomic E-state index is 10.1. The Morgan fingerprint density at radius 2 is 2.06 bits per heavy atom. The van der Waals surface area contributed by atoms with Gasteiger partial charge in [-0.05, 0) is 36.0 Å². The van der Waals surface area contributed by atoms with Gasteiger partial charge in [0.2, 0.25) is 0 Å². The maximum Gasteiger partial charge on any atom is 0.102 e. The number of nitrogens with zero attached hydrogens (tertiary/aromatic N) is 2. The van der Waals surface area contributed by atoms with Crippen molar-refractivity contribution < 1.29 is 5.11 Å². The van der Waals surface area contributed by atoms with Gasteiger partial charge in [0.15, 0.2) is 0 Å². The second-order valence-electron chi connectivity index (χ2n) is 4.81. The second-order valence-corrected chi connectivity index (χ2v) is 4.81.